The predicted molar refractivity (Wildman–Crippen MR) is 106 cm³/mol. The van der Waals surface area contributed by atoms with E-state index in [1.54, 1.807) is 30.3 Å². The van der Waals surface area contributed by atoms with Crippen molar-refractivity contribution < 1.29 is 37.3 Å². The van der Waals surface area contributed by atoms with Gasteiger partial charge in [-0.15, -0.1) is 0 Å². The van der Waals surface area contributed by atoms with Crippen molar-refractivity contribution in [2.45, 2.75) is 6.92 Å². The van der Waals surface area contributed by atoms with Crippen LogP contribution in [0.4, 0.5) is 23.2 Å². The summed E-state index contributed by atoms with van der Waals surface area (Å²) in [6.07, 6.45) is 0.746. The fourth-order valence-corrected chi connectivity index (χ4v) is 2.79. The molecule has 0 aliphatic rings. The number of nitrogens with zero attached hydrogens (tertiary/aromatic N) is 1. The third-order valence-electron chi connectivity index (χ3n) is 4.32. The highest BCUT2D eigenvalue weighted by Crippen LogP contribution is 2.34. The number of aliphatic imine (C=N–C) groups is 1. The molecule has 0 saturated heterocycles. The summed E-state index contributed by atoms with van der Waals surface area (Å²) in [5.74, 6) is -10.5. The Balaban J connectivity index is 2.15. The molecule has 31 heavy (non-hydrogen) atoms. The number of benzene rings is 3. The molecule has 0 aliphatic carbocycles. The van der Waals surface area contributed by atoms with E-state index in [1.165, 1.54) is 13.0 Å². The highest BCUT2D eigenvalue weighted by Gasteiger charge is 2.25. The van der Waals surface area contributed by atoms with Crippen LogP contribution in [0.1, 0.15) is 12.5 Å². The van der Waals surface area contributed by atoms with Crippen molar-refractivity contribution in [3.63, 3.8) is 0 Å². The van der Waals surface area contributed by atoms with E-state index >= 15 is 0 Å². The minimum Gasteiger partial charge on any atom is -0.506 e. The molecular weight excluding hydrogens is 418 g/mol. The molecule has 0 unspecified atom stereocenters. The summed E-state index contributed by atoms with van der Waals surface area (Å²) in [5.41, 5.74) is -1.88. The summed E-state index contributed by atoms with van der Waals surface area (Å²) >= 11 is 0. The van der Waals surface area contributed by atoms with Crippen molar-refractivity contribution >= 4 is 34.4 Å². The molecule has 0 heterocycles. The first-order valence-electron chi connectivity index (χ1n) is 8.94. The molecule has 5 nitrogen and oxygen atoms in total. The lowest BCUT2D eigenvalue weighted by molar-refractivity contribution is -0.137. The van der Waals surface area contributed by atoms with E-state index in [-0.39, 0.29) is 24.1 Å². The summed E-state index contributed by atoms with van der Waals surface area (Å²) < 4.78 is 59.2. The zero-order chi connectivity index (χ0) is 22.7. The van der Waals surface area contributed by atoms with Gasteiger partial charge in [-0.2, -0.15) is 0 Å². The van der Waals surface area contributed by atoms with Crippen LogP contribution in [-0.2, 0) is 9.53 Å². The van der Waals surface area contributed by atoms with Crippen molar-refractivity contribution in [2.75, 3.05) is 6.61 Å². The summed E-state index contributed by atoms with van der Waals surface area (Å²) in [5, 5.41) is 21.9. The van der Waals surface area contributed by atoms with E-state index in [2.05, 4.69) is 4.99 Å². The first-order chi connectivity index (χ1) is 14.8. The van der Waals surface area contributed by atoms with Gasteiger partial charge in [0.2, 0.25) is 0 Å². The third-order valence-corrected chi connectivity index (χ3v) is 4.32. The molecule has 0 saturated carbocycles. The quantitative estimate of drug-likeness (QED) is 0.108. The number of hydrogen-bond acceptors (Lipinski definition) is 5. The van der Waals surface area contributed by atoms with Gasteiger partial charge in [0.25, 0.3) is 0 Å². The van der Waals surface area contributed by atoms with Gasteiger partial charge in [-0.25, -0.2) is 22.4 Å². The van der Waals surface area contributed by atoms with Crippen LogP contribution >= 0.6 is 0 Å². The summed E-state index contributed by atoms with van der Waals surface area (Å²) in [7, 11) is 0. The number of esters is 1. The lowest BCUT2D eigenvalue weighted by atomic mass is 10.1. The maximum atomic E-state index is 14.1. The Bertz CT molecular complexity index is 1240. The van der Waals surface area contributed by atoms with Crippen LogP contribution in [0, 0.1) is 23.3 Å². The minimum absolute atomic E-state index is 0.00904. The number of aliphatic hydroxyl groups is 1. The molecule has 3 rings (SSSR count). The molecule has 0 amide bonds. The van der Waals surface area contributed by atoms with Crippen LogP contribution in [0.15, 0.2) is 53.0 Å². The Labute approximate surface area is 173 Å². The van der Waals surface area contributed by atoms with Crippen molar-refractivity contribution in [3.05, 3.63) is 76.9 Å². The molecule has 0 bridgehead atoms. The van der Waals surface area contributed by atoms with E-state index in [4.69, 9.17) is 4.74 Å². The van der Waals surface area contributed by atoms with Crippen LogP contribution in [0.2, 0.25) is 0 Å². The van der Waals surface area contributed by atoms with E-state index < -0.39 is 46.1 Å². The first-order valence-corrected chi connectivity index (χ1v) is 8.94. The minimum atomic E-state index is -2.16. The summed E-state index contributed by atoms with van der Waals surface area (Å²) in [4.78, 5) is 16.2. The second kappa shape index (κ2) is 8.86. The van der Waals surface area contributed by atoms with Crippen molar-refractivity contribution in [2.24, 2.45) is 4.99 Å². The van der Waals surface area contributed by atoms with Crippen LogP contribution in [0.3, 0.4) is 0 Å². The average Bonchev–Trinajstić information content (AvgIpc) is 2.76. The summed E-state index contributed by atoms with van der Waals surface area (Å²) in [6, 6.07) is 10.1. The van der Waals surface area contributed by atoms with Gasteiger partial charge in [-0.3, -0.25) is 4.99 Å². The molecule has 9 heteroatoms. The van der Waals surface area contributed by atoms with Gasteiger partial charge < -0.3 is 14.9 Å². The van der Waals surface area contributed by atoms with Crippen LogP contribution < -0.4 is 0 Å². The Morgan fingerprint density at radius 1 is 1.06 bits per heavy atom. The topological polar surface area (TPSA) is 79.1 Å². The molecular formula is C22H15F4NO4. The third kappa shape index (κ3) is 4.20. The van der Waals surface area contributed by atoms with E-state index in [0.29, 0.717) is 10.8 Å². The van der Waals surface area contributed by atoms with Gasteiger partial charge in [0, 0.05) is 11.6 Å². The van der Waals surface area contributed by atoms with E-state index in [0.717, 1.165) is 6.21 Å². The molecule has 0 aromatic heterocycles. The van der Waals surface area contributed by atoms with Gasteiger partial charge in [0.1, 0.15) is 22.8 Å². The summed E-state index contributed by atoms with van der Waals surface area (Å²) in [6.45, 7) is 1.32. The maximum absolute atomic E-state index is 14.1. The van der Waals surface area contributed by atoms with E-state index in [9.17, 15) is 32.6 Å². The number of fused-ring (bicyclic) bond motifs is 1. The maximum Gasteiger partial charge on any atom is 0.343 e. The van der Waals surface area contributed by atoms with Crippen LogP contribution in [-0.4, -0.2) is 29.0 Å². The molecule has 3 aromatic rings. The monoisotopic (exact) mass is 433 g/mol. The highest BCUT2D eigenvalue weighted by molar-refractivity contribution is 6.15. The zero-order valence-electron chi connectivity index (χ0n) is 16.0. The molecule has 0 spiro atoms. The normalized spacial score (nSPS) is 12.3. The Morgan fingerprint density at radius 3 is 2.48 bits per heavy atom. The zero-order valence-corrected chi connectivity index (χ0v) is 16.0. The number of carbonyl (C=O) groups is 1. The van der Waals surface area contributed by atoms with Gasteiger partial charge >= 0.3 is 5.97 Å². The number of carbonyl (C=O) groups excluding carboxylic acids is 1. The molecule has 2 N–H and O–H groups in total. The number of halogens is 4. The molecule has 0 fully saturated rings. The van der Waals surface area contributed by atoms with E-state index in [1.807, 2.05) is 0 Å². The second-order valence-corrected chi connectivity index (χ2v) is 6.24. The number of phenolic OH excluding ortho intramolecular Hbond substituents is 1. The number of rotatable bonds is 5. The molecule has 3 aromatic carbocycles. The van der Waals surface area contributed by atoms with Crippen molar-refractivity contribution in [1.82, 2.24) is 0 Å². The van der Waals surface area contributed by atoms with Gasteiger partial charge in [0.05, 0.1) is 12.2 Å². The number of ether oxygens (including phenoxy) is 1. The molecule has 0 atom stereocenters. The number of aliphatic hydroxyl groups excluding tert-OH is 1. The van der Waals surface area contributed by atoms with Crippen molar-refractivity contribution in [1.29, 1.82) is 0 Å². The lowest BCUT2D eigenvalue weighted by Gasteiger charge is -2.09. The Kier molecular flexibility index (Phi) is 6.24. The van der Waals surface area contributed by atoms with Crippen molar-refractivity contribution in [3.8, 4) is 5.75 Å². The fourth-order valence-electron chi connectivity index (χ4n) is 2.79. The fraction of sp³-hybridized carbons (Fsp3) is 0.0909. The Hall–Kier alpha value is -3.88. The number of phenols is 1. The number of aromatic hydroxyl groups is 1. The smallest absolute Gasteiger partial charge is 0.343 e. The molecule has 0 aliphatic heterocycles. The highest BCUT2D eigenvalue weighted by atomic mass is 19.2. The Morgan fingerprint density at radius 2 is 1.77 bits per heavy atom. The van der Waals surface area contributed by atoms with Gasteiger partial charge in [0.15, 0.2) is 23.3 Å². The van der Waals surface area contributed by atoms with Gasteiger partial charge in [-0.1, -0.05) is 30.3 Å². The first kappa shape index (κ1) is 21.8. The lowest BCUT2D eigenvalue weighted by Crippen LogP contribution is -2.12. The molecule has 160 valence electrons. The SMILES string of the molecule is CCOC(=O)/C(C=Nc1ccc2ccccc2c1O)=C(\O)c1cc(F)c(F)c(F)c1F. The molecule has 0 radical (unpaired) electrons. The average molecular weight is 433 g/mol. The van der Waals surface area contributed by atoms with Gasteiger partial charge in [-0.05, 0) is 24.4 Å². The largest absolute Gasteiger partial charge is 0.506 e. The second-order valence-electron chi connectivity index (χ2n) is 6.24. The number of hydrogen-bond donors (Lipinski definition) is 2. The van der Waals surface area contributed by atoms with Crippen LogP contribution in [0.25, 0.3) is 16.5 Å². The standard InChI is InChI=1S/C22H15F4NO4/c1-2-31-22(30)14(20(28)13-9-15(23)18(25)19(26)17(13)24)10-27-16-8-7-11-5-3-4-6-12(11)21(16)29/h3-10,28-29H,2H2,1H3/b20-14-,27-10?. The van der Waals surface area contributed by atoms with Crippen LogP contribution in [0.5, 0.6) is 5.75 Å². The predicted octanol–water partition coefficient (Wildman–Crippen LogP) is 5.34.